The second-order valence-electron chi connectivity index (χ2n) is 4.75. The maximum atomic E-state index is 8.82. The Morgan fingerprint density at radius 2 is 2.00 bits per heavy atom. The molecule has 0 aromatic heterocycles. The molecule has 0 aliphatic carbocycles. The van der Waals surface area contributed by atoms with Crippen molar-refractivity contribution in [2.24, 2.45) is 0 Å². The van der Waals surface area contributed by atoms with Crippen LogP contribution in [0.25, 0.3) is 0 Å². The molecule has 2 bridgehead atoms. The first-order valence-electron chi connectivity index (χ1n) is 5.96. The molecule has 1 aromatic rings. The van der Waals surface area contributed by atoms with Gasteiger partial charge in [0, 0.05) is 13.1 Å². The molecule has 17 heavy (non-hydrogen) atoms. The van der Waals surface area contributed by atoms with E-state index < -0.39 is 0 Å². The zero-order valence-electron chi connectivity index (χ0n) is 9.60. The summed E-state index contributed by atoms with van der Waals surface area (Å²) in [7, 11) is 0. The summed E-state index contributed by atoms with van der Waals surface area (Å²) in [6.45, 7) is 1.82. The van der Waals surface area contributed by atoms with Crippen molar-refractivity contribution in [2.75, 3.05) is 23.7 Å². The summed E-state index contributed by atoms with van der Waals surface area (Å²) in [5.74, 6) is 0. The van der Waals surface area contributed by atoms with Crippen LogP contribution in [0.4, 0.5) is 11.4 Å². The highest BCUT2D eigenvalue weighted by Gasteiger charge is 2.34. The maximum Gasteiger partial charge on any atom is 0.0992 e. The molecule has 0 saturated carbocycles. The van der Waals surface area contributed by atoms with Gasteiger partial charge in [-0.2, -0.15) is 5.26 Å². The lowest BCUT2D eigenvalue weighted by Gasteiger charge is -2.34. The predicted molar refractivity (Wildman–Crippen MR) is 65.7 cm³/mol. The molecule has 0 radical (unpaired) electrons. The van der Waals surface area contributed by atoms with E-state index >= 15 is 0 Å². The normalized spacial score (nSPS) is 26.9. The Morgan fingerprint density at radius 1 is 1.29 bits per heavy atom. The fourth-order valence-corrected chi connectivity index (χ4v) is 2.72. The van der Waals surface area contributed by atoms with Gasteiger partial charge in [-0.3, -0.25) is 0 Å². The van der Waals surface area contributed by atoms with Crippen molar-refractivity contribution in [1.82, 2.24) is 0 Å². The number of morpholine rings is 1. The number of nitrogens with zero attached hydrogens (tertiary/aromatic N) is 2. The Morgan fingerprint density at radius 3 is 2.59 bits per heavy atom. The molecule has 2 unspecified atom stereocenters. The lowest BCUT2D eigenvalue weighted by atomic mass is 10.1. The van der Waals surface area contributed by atoms with E-state index in [2.05, 4.69) is 11.0 Å². The molecule has 2 N–H and O–H groups in total. The molecule has 88 valence electrons. The molecule has 2 fully saturated rings. The number of nitrogen functional groups attached to an aromatic ring is 1. The highest BCUT2D eigenvalue weighted by atomic mass is 16.5. The van der Waals surface area contributed by atoms with Crippen LogP contribution in [-0.4, -0.2) is 25.3 Å². The lowest BCUT2D eigenvalue weighted by molar-refractivity contribution is 0.0305. The molecular weight excluding hydrogens is 214 g/mol. The summed E-state index contributed by atoms with van der Waals surface area (Å²) in [5, 5.41) is 8.82. The van der Waals surface area contributed by atoms with Crippen LogP contribution in [0.15, 0.2) is 18.2 Å². The van der Waals surface area contributed by atoms with Crippen LogP contribution in [0.3, 0.4) is 0 Å². The average molecular weight is 229 g/mol. The topological polar surface area (TPSA) is 62.3 Å². The Kier molecular flexibility index (Phi) is 2.41. The van der Waals surface area contributed by atoms with Gasteiger partial charge in [0.1, 0.15) is 0 Å². The summed E-state index contributed by atoms with van der Waals surface area (Å²) in [5.41, 5.74) is 8.34. The smallest absolute Gasteiger partial charge is 0.0992 e. The van der Waals surface area contributed by atoms with Crippen molar-refractivity contribution < 1.29 is 4.74 Å². The van der Waals surface area contributed by atoms with Crippen LogP contribution in [-0.2, 0) is 4.74 Å². The number of ether oxygens (including phenoxy) is 1. The Bertz CT molecular complexity index is 468. The van der Waals surface area contributed by atoms with E-state index in [1.807, 2.05) is 12.1 Å². The fourth-order valence-electron chi connectivity index (χ4n) is 2.72. The molecule has 0 spiro atoms. The number of hydrogen-bond acceptors (Lipinski definition) is 4. The highest BCUT2D eigenvalue weighted by Crippen LogP contribution is 2.32. The monoisotopic (exact) mass is 229 g/mol. The zero-order chi connectivity index (χ0) is 11.8. The van der Waals surface area contributed by atoms with Gasteiger partial charge in [-0.05, 0) is 31.0 Å². The molecule has 2 atom stereocenters. The predicted octanol–water partition coefficient (Wildman–Crippen LogP) is 1.51. The molecule has 2 aliphatic heterocycles. The first kappa shape index (κ1) is 10.4. The van der Waals surface area contributed by atoms with E-state index in [9.17, 15) is 0 Å². The van der Waals surface area contributed by atoms with Crippen molar-refractivity contribution in [3.63, 3.8) is 0 Å². The summed E-state index contributed by atoms with van der Waals surface area (Å²) >= 11 is 0. The SMILES string of the molecule is N#Cc1ccc(N2CC3CCC(C2)O3)c(N)c1. The van der Waals surface area contributed by atoms with Gasteiger partial charge in [-0.15, -0.1) is 0 Å². The van der Waals surface area contributed by atoms with Gasteiger partial charge in [-0.1, -0.05) is 0 Å². The van der Waals surface area contributed by atoms with Crippen LogP contribution >= 0.6 is 0 Å². The van der Waals surface area contributed by atoms with Crippen molar-refractivity contribution in [2.45, 2.75) is 25.0 Å². The van der Waals surface area contributed by atoms with Crippen LogP contribution in [0.1, 0.15) is 18.4 Å². The van der Waals surface area contributed by atoms with Gasteiger partial charge in [0.2, 0.25) is 0 Å². The van der Waals surface area contributed by atoms with Gasteiger partial charge < -0.3 is 15.4 Å². The minimum Gasteiger partial charge on any atom is -0.397 e. The maximum absolute atomic E-state index is 8.82. The average Bonchev–Trinajstić information content (AvgIpc) is 2.68. The van der Waals surface area contributed by atoms with Crippen LogP contribution < -0.4 is 10.6 Å². The van der Waals surface area contributed by atoms with Crippen LogP contribution in [0.2, 0.25) is 0 Å². The first-order valence-corrected chi connectivity index (χ1v) is 5.96. The van der Waals surface area contributed by atoms with Crippen molar-refractivity contribution in [1.29, 1.82) is 5.26 Å². The van der Waals surface area contributed by atoms with Gasteiger partial charge in [0.05, 0.1) is 35.2 Å². The van der Waals surface area contributed by atoms with E-state index in [0.29, 0.717) is 23.5 Å². The molecule has 4 heteroatoms. The van der Waals surface area contributed by atoms with Gasteiger partial charge >= 0.3 is 0 Å². The number of nitriles is 1. The van der Waals surface area contributed by atoms with E-state index in [1.54, 1.807) is 6.07 Å². The van der Waals surface area contributed by atoms with Crippen molar-refractivity contribution in [3.05, 3.63) is 23.8 Å². The third kappa shape index (κ3) is 1.83. The minimum atomic E-state index is 0.351. The molecule has 3 rings (SSSR count). The summed E-state index contributed by atoms with van der Waals surface area (Å²) in [6.07, 6.45) is 3.00. The van der Waals surface area contributed by atoms with E-state index in [0.717, 1.165) is 31.6 Å². The zero-order valence-corrected chi connectivity index (χ0v) is 9.60. The molecule has 2 saturated heterocycles. The van der Waals surface area contributed by atoms with Crippen LogP contribution in [0, 0.1) is 11.3 Å². The second-order valence-corrected chi connectivity index (χ2v) is 4.75. The highest BCUT2D eigenvalue weighted by molar-refractivity contribution is 5.69. The minimum absolute atomic E-state index is 0.351. The first-order chi connectivity index (χ1) is 8.26. The largest absolute Gasteiger partial charge is 0.397 e. The quantitative estimate of drug-likeness (QED) is 0.741. The molecule has 2 heterocycles. The van der Waals surface area contributed by atoms with E-state index in [-0.39, 0.29) is 0 Å². The standard InChI is InChI=1S/C13H15N3O/c14-6-9-1-4-13(12(15)5-9)16-7-10-2-3-11(8-16)17-10/h1,4-5,10-11H,2-3,7-8,15H2. The molecule has 2 aliphatic rings. The number of rotatable bonds is 1. The summed E-state index contributed by atoms with van der Waals surface area (Å²) in [4.78, 5) is 2.28. The second kappa shape index (κ2) is 3.94. The van der Waals surface area contributed by atoms with Gasteiger partial charge in [0.15, 0.2) is 0 Å². The number of nitrogens with two attached hydrogens (primary N) is 1. The van der Waals surface area contributed by atoms with Crippen LogP contribution in [0.5, 0.6) is 0 Å². The Labute approximate surface area is 101 Å². The number of hydrogen-bond donors (Lipinski definition) is 1. The number of fused-ring (bicyclic) bond motifs is 2. The third-order valence-corrected chi connectivity index (χ3v) is 3.54. The molecule has 1 aromatic carbocycles. The molecule has 4 nitrogen and oxygen atoms in total. The van der Waals surface area contributed by atoms with Gasteiger partial charge in [-0.25, -0.2) is 0 Å². The number of anilines is 2. The molecular formula is C13H15N3O. The summed E-state index contributed by atoms with van der Waals surface area (Å²) in [6, 6.07) is 7.61. The van der Waals surface area contributed by atoms with Gasteiger partial charge in [0.25, 0.3) is 0 Å². The Balaban J connectivity index is 1.87. The third-order valence-electron chi connectivity index (χ3n) is 3.54. The number of benzene rings is 1. The lowest BCUT2D eigenvalue weighted by Crippen LogP contribution is -2.42. The van der Waals surface area contributed by atoms with Crippen molar-refractivity contribution >= 4 is 11.4 Å². The molecule has 0 amide bonds. The Hall–Kier alpha value is -1.73. The fraction of sp³-hybridized carbons (Fsp3) is 0.462. The van der Waals surface area contributed by atoms with E-state index in [4.69, 9.17) is 15.7 Å². The van der Waals surface area contributed by atoms with E-state index in [1.165, 1.54) is 0 Å². The summed E-state index contributed by atoms with van der Waals surface area (Å²) < 4.78 is 5.80. The van der Waals surface area contributed by atoms with Crippen molar-refractivity contribution in [3.8, 4) is 6.07 Å².